The van der Waals surface area contributed by atoms with Crippen molar-refractivity contribution < 1.29 is 163 Å². The number of hydrogen-bond donors (Lipinski definition) is 21. The second kappa shape index (κ2) is 31.3. The Morgan fingerprint density at radius 3 is 1.75 bits per heavy atom. The molecule has 6 aliphatic rings. The molecule has 28 atom stereocenters. The second-order valence-corrected chi connectivity index (χ2v) is 24.0. The van der Waals surface area contributed by atoms with Gasteiger partial charge in [-0.1, -0.05) is 48.5 Å². The van der Waals surface area contributed by atoms with Crippen molar-refractivity contribution in [3.05, 3.63) is 59.7 Å². The molecule has 5 aliphatic heterocycles. The fourth-order valence-corrected chi connectivity index (χ4v) is 12.8. The van der Waals surface area contributed by atoms with E-state index >= 15 is 0 Å². The number of carboxylic acids is 2. The molecule has 5 heterocycles. The Morgan fingerprint density at radius 2 is 1.19 bits per heavy atom. The van der Waals surface area contributed by atoms with Gasteiger partial charge in [0, 0.05) is 33.1 Å². The molecule has 21 N–H and O–H groups in total. The summed E-state index contributed by atoms with van der Waals surface area (Å²) in [7, 11) is 0. The Labute approximate surface area is 539 Å². The van der Waals surface area contributed by atoms with Gasteiger partial charge in [0.25, 0.3) is 5.79 Å². The standard InChI is InChI=1S/C58H82N4O33/c1-20(35(51(80)81)62-56(84)87-18-28-26-11-7-5-9-24(26)25-10-6-8-12-27(25)28)88-54-48(61-23(4)69)58(85,50-44(78)47(40(74)32(16-65)89-50)95-57(55(82)83)13-29(70)36(59-21(2)67)46(94-57)38(72)30(71)14-63)49(79)34(92-54)19-86-52-37(60-22(3)68)41(75)45(33(17-66)91-52)93-53-43(77)42(76)39(73)31(15-64)90-53/h5-12,20,28-50,52-54,63-66,70-79,85H,13-19H2,1-4H3,(H,59,67)(H,60,68)(H,61,69)(H,62,84)(H,80,81)(H,82,83)/t20-,29+,30-,31-,32-,33-,34-,35+,36-,37-,38-,39+,40+,41-,42+,43-,44-,45-,46-,47+,48+,49+,50-,52-,53+,54+,57+,58-/m1/s1. The van der Waals surface area contributed by atoms with Gasteiger partial charge >= 0.3 is 18.0 Å². The highest BCUT2D eigenvalue weighted by atomic mass is 16.8. The SMILES string of the molecule is CC(=O)N[C@H]1[C@H](OC[C@H]2O[C@H](O[C@H](C)[C@H](NC(=O)OCC3c4ccccc4-c4ccccc43)C(=O)O)[C@H](NC(C)=O)[C@](O)([C@@H]3O[C@H](CO)[C@H](O)[C@H](O[C@]4(C(=O)O)C[C@H](O)[C@@H](NC(C)=O)[C@H]([C@H](O)[C@H](O)CO)O4)[C@H]3O)[C@H]2O)O[C@H](CO)[C@@H](O[C@@H]2O[C@H](CO)[C@H](O)[C@H](O)[C@H]2O)[C@@H]1O. The third kappa shape index (κ3) is 15.5. The number of carboxylic acid groups (broad SMARTS) is 2. The Balaban J connectivity index is 1.15. The van der Waals surface area contributed by atoms with E-state index in [-0.39, 0.29) is 6.61 Å². The third-order valence-electron chi connectivity index (χ3n) is 17.6. The second-order valence-electron chi connectivity index (χ2n) is 24.0. The molecule has 8 rings (SSSR count). The Kier molecular flexibility index (Phi) is 24.7. The molecule has 2 aromatic rings. The van der Waals surface area contributed by atoms with E-state index in [2.05, 4.69) is 21.3 Å². The number of amides is 4. The van der Waals surface area contributed by atoms with Crippen molar-refractivity contribution in [3.8, 4) is 11.1 Å². The van der Waals surface area contributed by atoms with Crippen LogP contribution in [0.15, 0.2) is 48.5 Å². The van der Waals surface area contributed by atoms with Crippen molar-refractivity contribution >= 4 is 35.8 Å². The molecule has 95 heavy (non-hydrogen) atoms. The first-order valence-electron chi connectivity index (χ1n) is 30.1. The summed E-state index contributed by atoms with van der Waals surface area (Å²) in [6.45, 7) is -2.22. The maximum absolute atomic E-state index is 13.7. The van der Waals surface area contributed by atoms with Crippen LogP contribution in [-0.2, 0) is 71.3 Å². The minimum Gasteiger partial charge on any atom is -0.480 e. The van der Waals surface area contributed by atoms with E-state index in [1.165, 1.54) is 0 Å². The van der Waals surface area contributed by atoms with Crippen molar-refractivity contribution in [1.82, 2.24) is 21.3 Å². The normalized spacial score (nSPS) is 38.4. The Bertz CT molecular complexity index is 2950. The quantitative estimate of drug-likeness (QED) is 0.0439. The summed E-state index contributed by atoms with van der Waals surface area (Å²) in [5.74, 6) is -10.8. The first kappa shape index (κ1) is 74.9. The molecule has 0 unspecified atom stereocenters. The number of hydrogen-bond acceptors (Lipinski definition) is 31. The molecular formula is C58H82N4O33. The van der Waals surface area contributed by atoms with Crippen molar-refractivity contribution in [2.75, 3.05) is 39.6 Å². The highest BCUT2D eigenvalue weighted by Crippen LogP contribution is 2.46. The summed E-state index contributed by atoms with van der Waals surface area (Å²) in [4.78, 5) is 78.9. The van der Waals surface area contributed by atoms with E-state index < -0.39 is 252 Å². The van der Waals surface area contributed by atoms with Gasteiger partial charge < -0.3 is 155 Å². The molecule has 0 spiro atoms. The minimum absolute atomic E-state index is 0.314. The lowest BCUT2D eigenvalue weighted by atomic mass is 9.73. The van der Waals surface area contributed by atoms with Crippen molar-refractivity contribution in [1.29, 1.82) is 0 Å². The Hall–Kier alpha value is -5.90. The first-order chi connectivity index (χ1) is 44.9. The van der Waals surface area contributed by atoms with Crippen LogP contribution in [0.4, 0.5) is 4.79 Å². The number of aliphatic hydroxyl groups excluding tert-OH is 14. The van der Waals surface area contributed by atoms with Crippen LogP contribution in [0, 0.1) is 0 Å². The van der Waals surface area contributed by atoms with Gasteiger partial charge in [-0.25, -0.2) is 14.4 Å². The van der Waals surface area contributed by atoms with Crippen molar-refractivity contribution in [2.24, 2.45) is 0 Å². The van der Waals surface area contributed by atoms with Crippen LogP contribution in [0.3, 0.4) is 0 Å². The zero-order chi connectivity index (χ0) is 69.9. The van der Waals surface area contributed by atoms with Crippen LogP contribution in [0.1, 0.15) is 51.2 Å². The van der Waals surface area contributed by atoms with Gasteiger partial charge in [-0.05, 0) is 29.2 Å². The smallest absolute Gasteiger partial charge is 0.407 e. The van der Waals surface area contributed by atoms with Crippen molar-refractivity contribution in [3.63, 3.8) is 0 Å². The van der Waals surface area contributed by atoms with Gasteiger partial charge in [0.15, 0.2) is 24.9 Å². The molecule has 1 aliphatic carbocycles. The summed E-state index contributed by atoms with van der Waals surface area (Å²) in [5, 5.41) is 199. The highest BCUT2D eigenvalue weighted by Gasteiger charge is 2.68. The van der Waals surface area contributed by atoms with Crippen LogP contribution >= 0.6 is 0 Å². The maximum Gasteiger partial charge on any atom is 0.407 e. The number of benzene rings is 2. The molecular weight excluding hydrogens is 1280 g/mol. The van der Waals surface area contributed by atoms with E-state index in [1.807, 2.05) is 36.4 Å². The number of fused-ring (bicyclic) bond motifs is 3. The topological polar surface area (TPSA) is 587 Å². The zero-order valence-electron chi connectivity index (χ0n) is 51.3. The van der Waals surface area contributed by atoms with Crippen LogP contribution in [-0.4, -0.2) is 333 Å². The molecule has 0 bridgehead atoms. The highest BCUT2D eigenvalue weighted by molar-refractivity contribution is 5.82. The monoisotopic (exact) mass is 1360 g/mol. The van der Waals surface area contributed by atoms with Gasteiger partial charge in [-0.3, -0.25) is 14.4 Å². The summed E-state index contributed by atoms with van der Waals surface area (Å²) in [6, 6.07) is 6.39. The van der Waals surface area contributed by atoms with Crippen LogP contribution in [0.2, 0.25) is 0 Å². The molecule has 37 nitrogen and oxygen atoms in total. The molecule has 4 amide bonds. The lowest BCUT2D eigenvalue weighted by Crippen LogP contribution is -2.81. The molecule has 0 radical (unpaired) electrons. The van der Waals surface area contributed by atoms with Crippen molar-refractivity contribution in [2.45, 2.75) is 210 Å². The molecule has 532 valence electrons. The molecule has 5 saturated heterocycles. The molecule has 2 aromatic carbocycles. The number of nitrogens with one attached hydrogen (secondary N) is 4. The van der Waals surface area contributed by atoms with Gasteiger partial charge in [0.05, 0.1) is 51.3 Å². The van der Waals surface area contributed by atoms with E-state index in [4.69, 9.17) is 47.4 Å². The lowest BCUT2D eigenvalue weighted by molar-refractivity contribution is -0.382. The number of carbonyl (C=O) groups excluding carboxylic acids is 4. The molecule has 0 saturated carbocycles. The number of aliphatic hydroxyl groups is 15. The van der Waals surface area contributed by atoms with Gasteiger partial charge in [0.1, 0.15) is 128 Å². The molecule has 37 heteroatoms. The van der Waals surface area contributed by atoms with Crippen LogP contribution in [0.25, 0.3) is 11.1 Å². The van der Waals surface area contributed by atoms with Gasteiger partial charge in [-0.2, -0.15) is 0 Å². The predicted octanol–water partition coefficient (Wildman–Crippen LogP) is -9.49. The van der Waals surface area contributed by atoms with E-state index in [1.54, 1.807) is 12.1 Å². The fourth-order valence-electron chi connectivity index (χ4n) is 12.8. The summed E-state index contributed by atoms with van der Waals surface area (Å²) in [5.41, 5.74) is -0.217. The van der Waals surface area contributed by atoms with E-state index in [0.29, 0.717) is 0 Å². The van der Waals surface area contributed by atoms with Crippen LogP contribution < -0.4 is 21.3 Å². The number of aliphatic carboxylic acids is 2. The Morgan fingerprint density at radius 1 is 0.632 bits per heavy atom. The van der Waals surface area contributed by atoms with E-state index in [0.717, 1.165) is 49.9 Å². The number of alkyl carbamates (subject to hydrolysis) is 1. The largest absolute Gasteiger partial charge is 0.480 e. The first-order valence-corrected chi connectivity index (χ1v) is 30.1. The minimum atomic E-state index is -3.53. The number of rotatable bonds is 25. The number of carbonyl (C=O) groups is 6. The predicted molar refractivity (Wildman–Crippen MR) is 307 cm³/mol. The molecule has 5 fully saturated rings. The summed E-state index contributed by atoms with van der Waals surface area (Å²) >= 11 is 0. The molecule has 0 aromatic heterocycles. The lowest BCUT2D eigenvalue weighted by Gasteiger charge is -2.57. The average molecular weight is 1360 g/mol. The summed E-state index contributed by atoms with van der Waals surface area (Å²) in [6.07, 6.45) is -50.6. The van der Waals surface area contributed by atoms with Gasteiger partial charge in [0.2, 0.25) is 17.7 Å². The zero-order valence-corrected chi connectivity index (χ0v) is 51.3. The maximum atomic E-state index is 13.7. The van der Waals surface area contributed by atoms with Crippen LogP contribution in [0.5, 0.6) is 0 Å². The average Bonchev–Trinajstić information content (AvgIpc) is 1.62. The van der Waals surface area contributed by atoms with Gasteiger partial charge in [-0.15, -0.1) is 0 Å². The third-order valence-corrected chi connectivity index (χ3v) is 17.6. The number of ether oxygens (including phenoxy) is 10. The fraction of sp³-hybridized carbons (Fsp3) is 0.690. The summed E-state index contributed by atoms with van der Waals surface area (Å²) < 4.78 is 58.6. The van der Waals surface area contributed by atoms with E-state index in [9.17, 15) is 116 Å².